The molecule has 116 valence electrons. The maximum Gasteiger partial charge on any atom is 0.225 e. The number of hydrogen-bond acceptors (Lipinski definition) is 2. The minimum Gasteiger partial charge on any atom is -0.341 e. The molecule has 0 aromatic heterocycles. The van der Waals surface area contributed by atoms with Gasteiger partial charge in [-0.3, -0.25) is 4.79 Å². The number of likely N-dealkylation sites (tertiary alicyclic amines) is 1. The number of nitrogens with one attached hydrogen (secondary N) is 1. The summed E-state index contributed by atoms with van der Waals surface area (Å²) in [6.45, 7) is 5.50. The topological polar surface area (TPSA) is 32.3 Å². The maximum atomic E-state index is 14.0. The second-order valence-electron chi connectivity index (χ2n) is 5.58. The lowest BCUT2D eigenvalue weighted by atomic mass is 9.97. The zero-order valence-corrected chi connectivity index (χ0v) is 12.5. The Bertz CT molecular complexity index is 507. The SMILES string of the molecule is CCNC(CN1CCCC(C)C1=O)c1cccc(F)c1F. The second kappa shape index (κ2) is 6.98. The Morgan fingerprint density at radius 3 is 2.90 bits per heavy atom. The van der Waals surface area contributed by atoms with Crippen LogP contribution < -0.4 is 5.32 Å². The summed E-state index contributed by atoms with van der Waals surface area (Å²) in [5.74, 6) is -1.57. The lowest BCUT2D eigenvalue weighted by Gasteiger charge is -2.34. The van der Waals surface area contributed by atoms with Crippen LogP contribution in [0, 0.1) is 17.6 Å². The van der Waals surface area contributed by atoms with E-state index in [1.165, 1.54) is 6.07 Å². The van der Waals surface area contributed by atoms with Crippen LogP contribution in [0.3, 0.4) is 0 Å². The Labute approximate surface area is 124 Å². The van der Waals surface area contributed by atoms with Gasteiger partial charge >= 0.3 is 0 Å². The highest BCUT2D eigenvalue weighted by atomic mass is 19.2. The van der Waals surface area contributed by atoms with Crippen LogP contribution in [0.5, 0.6) is 0 Å². The maximum absolute atomic E-state index is 14.0. The van der Waals surface area contributed by atoms with Crippen molar-refractivity contribution < 1.29 is 13.6 Å². The Kier molecular flexibility index (Phi) is 5.28. The van der Waals surface area contributed by atoms with Gasteiger partial charge in [-0.2, -0.15) is 0 Å². The van der Waals surface area contributed by atoms with Gasteiger partial charge in [0.05, 0.1) is 6.04 Å². The average Bonchev–Trinajstić information content (AvgIpc) is 2.46. The number of carbonyl (C=O) groups excluding carboxylic acids is 1. The van der Waals surface area contributed by atoms with Crippen molar-refractivity contribution in [2.24, 2.45) is 5.92 Å². The summed E-state index contributed by atoms with van der Waals surface area (Å²) in [5.41, 5.74) is 0.280. The molecule has 1 aromatic carbocycles. The van der Waals surface area contributed by atoms with Crippen LogP contribution >= 0.6 is 0 Å². The first-order chi connectivity index (χ1) is 10.0. The smallest absolute Gasteiger partial charge is 0.225 e. The Hall–Kier alpha value is -1.49. The predicted molar refractivity (Wildman–Crippen MR) is 77.8 cm³/mol. The van der Waals surface area contributed by atoms with Gasteiger partial charge in [0.2, 0.25) is 5.91 Å². The van der Waals surface area contributed by atoms with Gasteiger partial charge in [0.25, 0.3) is 0 Å². The van der Waals surface area contributed by atoms with E-state index in [1.54, 1.807) is 11.0 Å². The summed E-state index contributed by atoms with van der Waals surface area (Å²) < 4.78 is 27.4. The van der Waals surface area contributed by atoms with E-state index in [0.717, 1.165) is 18.9 Å². The van der Waals surface area contributed by atoms with E-state index in [1.807, 2.05) is 13.8 Å². The van der Waals surface area contributed by atoms with Crippen LogP contribution in [0.1, 0.15) is 38.3 Å². The van der Waals surface area contributed by atoms with Crippen molar-refractivity contribution >= 4 is 5.91 Å². The summed E-state index contributed by atoms with van der Waals surface area (Å²) in [5, 5.41) is 3.15. The van der Waals surface area contributed by atoms with Crippen molar-refractivity contribution in [3.63, 3.8) is 0 Å². The zero-order chi connectivity index (χ0) is 15.4. The molecular weight excluding hydrogens is 274 g/mol. The van der Waals surface area contributed by atoms with Crippen molar-refractivity contribution in [2.45, 2.75) is 32.7 Å². The van der Waals surface area contributed by atoms with Gasteiger partial charge in [-0.05, 0) is 25.5 Å². The summed E-state index contributed by atoms with van der Waals surface area (Å²) in [6, 6.07) is 3.79. The predicted octanol–water partition coefficient (Wildman–Crippen LogP) is 2.87. The molecule has 1 fully saturated rings. The largest absolute Gasteiger partial charge is 0.341 e. The van der Waals surface area contributed by atoms with Gasteiger partial charge in [-0.15, -0.1) is 0 Å². The van der Waals surface area contributed by atoms with Crippen molar-refractivity contribution in [1.29, 1.82) is 0 Å². The van der Waals surface area contributed by atoms with Gasteiger partial charge in [-0.1, -0.05) is 26.0 Å². The molecule has 0 saturated carbocycles. The van der Waals surface area contributed by atoms with Crippen molar-refractivity contribution in [3.05, 3.63) is 35.4 Å². The molecule has 0 aliphatic carbocycles. The highest BCUT2D eigenvalue weighted by Crippen LogP contribution is 2.24. The van der Waals surface area contributed by atoms with E-state index < -0.39 is 11.6 Å². The van der Waals surface area contributed by atoms with Crippen LogP contribution in [0.2, 0.25) is 0 Å². The van der Waals surface area contributed by atoms with Gasteiger partial charge in [-0.25, -0.2) is 8.78 Å². The van der Waals surface area contributed by atoms with Crippen molar-refractivity contribution in [1.82, 2.24) is 10.2 Å². The minimum atomic E-state index is -0.853. The summed E-state index contributed by atoms with van der Waals surface area (Å²) in [6.07, 6.45) is 1.85. The van der Waals surface area contributed by atoms with E-state index in [9.17, 15) is 13.6 Å². The Balaban J connectivity index is 2.19. The lowest BCUT2D eigenvalue weighted by Crippen LogP contribution is -2.44. The molecule has 1 aromatic rings. The summed E-state index contributed by atoms with van der Waals surface area (Å²) in [7, 11) is 0. The molecule has 1 amide bonds. The van der Waals surface area contributed by atoms with E-state index in [4.69, 9.17) is 0 Å². The molecule has 2 rings (SSSR count). The average molecular weight is 296 g/mol. The molecule has 2 unspecified atom stereocenters. The molecule has 21 heavy (non-hydrogen) atoms. The van der Waals surface area contributed by atoms with Gasteiger partial charge in [0, 0.05) is 24.6 Å². The third kappa shape index (κ3) is 3.59. The van der Waals surface area contributed by atoms with Crippen LogP contribution in [-0.4, -0.2) is 30.4 Å². The summed E-state index contributed by atoms with van der Waals surface area (Å²) >= 11 is 0. The van der Waals surface area contributed by atoms with Crippen LogP contribution in [0.25, 0.3) is 0 Å². The van der Waals surface area contributed by atoms with Crippen LogP contribution in [-0.2, 0) is 4.79 Å². The van der Waals surface area contributed by atoms with Crippen molar-refractivity contribution in [2.75, 3.05) is 19.6 Å². The number of piperidine rings is 1. The fourth-order valence-corrected chi connectivity index (χ4v) is 2.84. The standard InChI is InChI=1S/C16H22F2N2O/c1-3-19-14(12-7-4-8-13(17)15(12)18)10-20-9-5-6-11(2)16(20)21/h4,7-8,11,14,19H,3,5-6,9-10H2,1-2H3. The molecule has 1 N–H and O–H groups in total. The quantitative estimate of drug-likeness (QED) is 0.906. The third-order valence-electron chi connectivity index (χ3n) is 4.01. The second-order valence-corrected chi connectivity index (χ2v) is 5.58. The van der Waals surface area contributed by atoms with Crippen LogP contribution in [0.4, 0.5) is 8.78 Å². The van der Waals surface area contributed by atoms with E-state index in [2.05, 4.69) is 5.32 Å². The minimum absolute atomic E-state index is 0.0124. The first kappa shape index (κ1) is 15.9. The van der Waals surface area contributed by atoms with E-state index in [-0.39, 0.29) is 23.4 Å². The molecule has 1 heterocycles. The fourth-order valence-electron chi connectivity index (χ4n) is 2.84. The van der Waals surface area contributed by atoms with Crippen LogP contribution in [0.15, 0.2) is 18.2 Å². The van der Waals surface area contributed by atoms with Gasteiger partial charge < -0.3 is 10.2 Å². The molecule has 0 radical (unpaired) electrons. The number of rotatable bonds is 5. The molecule has 5 heteroatoms. The van der Waals surface area contributed by atoms with Gasteiger partial charge in [0.1, 0.15) is 0 Å². The number of nitrogens with zero attached hydrogens (tertiary/aromatic N) is 1. The number of likely N-dealkylation sites (N-methyl/N-ethyl adjacent to an activating group) is 1. The number of benzene rings is 1. The molecule has 0 bridgehead atoms. The monoisotopic (exact) mass is 296 g/mol. The number of amides is 1. The normalized spacial score (nSPS) is 20.7. The number of halogens is 2. The summed E-state index contributed by atoms with van der Waals surface area (Å²) in [4.78, 5) is 13.9. The zero-order valence-electron chi connectivity index (χ0n) is 12.5. The Morgan fingerprint density at radius 2 is 2.19 bits per heavy atom. The number of hydrogen-bond donors (Lipinski definition) is 1. The van der Waals surface area contributed by atoms with Crippen molar-refractivity contribution in [3.8, 4) is 0 Å². The van der Waals surface area contributed by atoms with E-state index in [0.29, 0.717) is 19.6 Å². The van der Waals surface area contributed by atoms with Gasteiger partial charge in [0.15, 0.2) is 11.6 Å². The third-order valence-corrected chi connectivity index (χ3v) is 4.01. The van der Waals surface area contributed by atoms with E-state index >= 15 is 0 Å². The molecule has 2 atom stereocenters. The molecule has 1 aliphatic heterocycles. The molecular formula is C16H22F2N2O. The first-order valence-electron chi connectivity index (χ1n) is 7.50. The fraction of sp³-hybridized carbons (Fsp3) is 0.562. The lowest BCUT2D eigenvalue weighted by molar-refractivity contribution is -0.138. The molecule has 1 aliphatic rings. The molecule has 1 saturated heterocycles. The Morgan fingerprint density at radius 1 is 1.43 bits per heavy atom. The number of carbonyl (C=O) groups is 1. The molecule has 3 nitrogen and oxygen atoms in total. The molecule has 0 spiro atoms. The highest BCUT2D eigenvalue weighted by molar-refractivity contribution is 5.79. The first-order valence-corrected chi connectivity index (χ1v) is 7.50. The highest BCUT2D eigenvalue weighted by Gasteiger charge is 2.28.